The Morgan fingerprint density at radius 3 is 2.15 bits per heavy atom. The number of carboxylic acids is 2. The third-order valence-electron chi connectivity index (χ3n) is 5.39. The summed E-state index contributed by atoms with van der Waals surface area (Å²) in [6.07, 6.45) is 3.25. The highest BCUT2D eigenvalue weighted by molar-refractivity contribution is 6.34. The van der Waals surface area contributed by atoms with Crippen molar-refractivity contribution in [2.75, 3.05) is 20.1 Å². The first-order valence-corrected chi connectivity index (χ1v) is 10.7. The monoisotopic (exact) mass is 469 g/mol. The van der Waals surface area contributed by atoms with Crippen molar-refractivity contribution in [1.82, 2.24) is 14.7 Å². The van der Waals surface area contributed by atoms with Crippen LogP contribution in [0.1, 0.15) is 34.8 Å². The summed E-state index contributed by atoms with van der Waals surface area (Å²) in [5, 5.41) is 21.9. The van der Waals surface area contributed by atoms with Crippen LogP contribution in [0.3, 0.4) is 0 Å². The smallest absolute Gasteiger partial charge is 0.328 e. The second-order valence-corrected chi connectivity index (χ2v) is 8.09. The minimum atomic E-state index is -1.26. The number of benzene rings is 2. The molecule has 3 aromatic rings. The normalized spacial score (nSPS) is 14.7. The first-order chi connectivity index (χ1) is 15.8. The van der Waals surface area contributed by atoms with Crippen molar-refractivity contribution in [2.45, 2.75) is 18.8 Å². The van der Waals surface area contributed by atoms with Gasteiger partial charge in [0.25, 0.3) is 5.91 Å². The molecule has 2 N–H and O–H groups in total. The molecule has 0 saturated carbocycles. The summed E-state index contributed by atoms with van der Waals surface area (Å²) in [4.78, 5) is 34.5. The summed E-state index contributed by atoms with van der Waals surface area (Å²) in [6, 6.07) is 15.1. The molecule has 0 spiro atoms. The molecule has 4 rings (SSSR count). The van der Waals surface area contributed by atoms with E-state index in [-0.39, 0.29) is 5.91 Å². The molecule has 0 amide bonds. The number of carbonyl (C=O) groups excluding carboxylic acids is 1. The number of para-hydroxylation sites is 1. The quantitative estimate of drug-likeness (QED) is 0.557. The van der Waals surface area contributed by atoms with Gasteiger partial charge < -0.3 is 15.1 Å². The lowest BCUT2D eigenvalue weighted by atomic mass is 9.92. The van der Waals surface area contributed by atoms with Gasteiger partial charge in [0.1, 0.15) is 0 Å². The number of carboxylic acid groups (broad SMARTS) is 2. The van der Waals surface area contributed by atoms with E-state index in [0.717, 1.165) is 42.5 Å². The average molecular weight is 470 g/mol. The standard InChI is InChI=1S/C20H20ClN3O.C4H4O4/c1-23-12-10-14(11-13-23)19-16-7-3-5-9-18(16)24(22-19)20(25)15-6-2-4-8-17(15)21;5-3(6)1-2-4(7)8/h2-9,14H,10-13H2,1H3;1-2H,(H,5,6)(H,7,8)/b;2-1+. The van der Waals surface area contributed by atoms with Crippen LogP contribution in [0.15, 0.2) is 60.7 Å². The number of nitrogens with zero attached hydrogens (tertiary/aromatic N) is 3. The minimum Gasteiger partial charge on any atom is -0.478 e. The van der Waals surface area contributed by atoms with Gasteiger partial charge in [0, 0.05) is 23.5 Å². The summed E-state index contributed by atoms with van der Waals surface area (Å²) >= 11 is 6.22. The maximum Gasteiger partial charge on any atom is 0.328 e. The molecule has 1 aliphatic rings. The van der Waals surface area contributed by atoms with Crippen LogP contribution in [0.5, 0.6) is 0 Å². The van der Waals surface area contributed by atoms with E-state index < -0.39 is 11.9 Å². The fourth-order valence-corrected chi connectivity index (χ4v) is 3.94. The van der Waals surface area contributed by atoms with Gasteiger partial charge in [0.05, 0.1) is 21.8 Å². The molecule has 0 atom stereocenters. The van der Waals surface area contributed by atoms with Crippen molar-refractivity contribution in [2.24, 2.45) is 0 Å². The first-order valence-electron chi connectivity index (χ1n) is 10.4. The van der Waals surface area contributed by atoms with Crippen LogP contribution in [0.4, 0.5) is 0 Å². The number of aliphatic carboxylic acids is 2. The van der Waals surface area contributed by atoms with E-state index in [2.05, 4.69) is 18.0 Å². The number of aromatic nitrogens is 2. The largest absolute Gasteiger partial charge is 0.478 e. The molecule has 0 radical (unpaired) electrons. The number of hydrogen-bond donors (Lipinski definition) is 2. The van der Waals surface area contributed by atoms with Crippen LogP contribution in [-0.4, -0.2) is 62.9 Å². The fourth-order valence-electron chi connectivity index (χ4n) is 3.72. The maximum absolute atomic E-state index is 13.0. The zero-order valence-corrected chi connectivity index (χ0v) is 18.8. The van der Waals surface area contributed by atoms with E-state index in [1.165, 1.54) is 4.68 Å². The number of hydrogen-bond acceptors (Lipinski definition) is 5. The molecule has 1 aromatic heterocycles. The molecule has 2 aromatic carbocycles. The third kappa shape index (κ3) is 6.06. The molecule has 8 nitrogen and oxygen atoms in total. The second-order valence-electron chi connectivity index (χ2n) is 7.69. The molecule has 2 heterocycles. The molecule has 1 saturated heterocycles. The van der Waals surface area contributed by atoms with Gasteiger partial charge >= 0.3 is 11.9 Å². The van der Waals surface area contributed by atoms with E-state index in [1.54, 1.807) is 12.1 Å². The van der Waals surface area contributed by atoms with Crippen molar-refractivity contribution >= 4 is 40.3 Å². The van der Waals surface area contributed by atoms with Crippen LogP contribution in [0.25, 0.3) is 10.9 Å². The second kappa shape index (κ2) is 10.9. The Labute approximate surface area is 195 Å². The number of rotatable bonds is 4. The lowest BCUT2D eigenvalue weighted by molar-refractivity contribution is -0.134. The number of fused-ring (bicyclic) bond motifs is 1. The highest BCUT2D eigenvalue weighted by atomic mass is 35.5. The lowest BCUT2D eigenvalue weighted by Crippen LogP contribution is -2.29. The number of piperidine rings is 1. The summed E-state index contributed by atoms with van der Waals surface area (Å²) in [5.74, 6) is -2.30. The van der Waals surface area contributed by atoms with Crippen molar-refractivity contribution in [3.63, 3.8) is 0 Å². The van der Waals surface area contributed by atoms with E-state index in [4.69, 9.17) is 26.9 Å². The zero-order valence-electron chi connectivity index (χ0n) is 18.0. The van der Waals surface area contributed by atoms with Gasteiger partial charge in [-0.15, -0.1) is 0 Å². The van der Waals surface area contributed by atoms with E-state index >= 15 is 0 Å². The third-order valence-corrected chi connectivity index (χ3v) is 5.72. The van der Waals surface area contributed by atoms with Gasteiger partial charge in [-0.3, -0.25) is 4.79 Å². The van der Waals surface area contributed by atoms with Gasteiger partial charge in [0.2, 0.25) is 0 Å². The SMILES string of the molecule is CN1CCC(c2nn(C(=O)c3ccccc3Cl)c3ccccc23)CC1.O=C(O)/C=C/C(=O)O. The summed E-state index contributed by atoms with van der Waals surface area (Å²) in [6.45, 7) is 2.12. The molecule has 1 aliphatic heterocycles. The van der Waals surface area contributed by atoms with Crippen LogP contribution >= 0.6 is 11.6 Å². The summed E-state index contributed by atoms with van der Waals surface area (Å²) in [7, 11) is 2.15. The van der Waals surface area contributed by atoms with Crippen molar-refractivity contribution in [1.29, 1.82) is 0 Å². The summed E-state index contributed by atoms with van der Waals surface area (Å²) < 4.78 is 1.52. The van der Waals surface area contributed by atoms with Crippen molar-refractivity contribution in [3.05, 3.63) is 77.0 Å². The molecule has 33 heavy (non-hydrogen) atoms. The van der Waals surface area contributed by atoms with Gasteiger partial charge in [-0.1, -0.05) is 41.9 Å². The fraction of sp³-hybridized carbons (Fsp3) is 0.250. The maximum atomic E-state index is 13.0. The van der Waals surface area contributed by atoms with Crippen LogP contribution in [-0.2, 0) is 9.59 Å². The van der Waals surface area contributed by atoms with Gasteiger partial charge in [-0.05, 0) is 51.2 Å². The highest BCUT2D eigenvalue weighted by Crippen LogP contribution is 2.32. The zero-order chi connectivity index (χ0) is 24.0. The lowest BCUT2D eigenvalue weighted by Gasteiger charge is -2.28. The van der Waals surface area contributed by atoms with E-state index in [9.17, 15) is 14.4 Å². The number of halogens is 1. The minimum absolute atomic E-state index is 0.180. The van der Waals surface area contributed by atoms with Crippen molar-refractivity contribution in [3.8, 4) is 0 Å². The van der Waals surface area contributed by atoms with Crippen LogP contribution < -0.4 is 0 Å². The molecule has 0 aliphatic carbocycles. The Balaban J connectivity index is 0.000000331. The Morgan fingerprint density at radius 1 is 0.970 bits per heavy atom. The summed E-state index contributed by atoms with van der Waals surface area (Å²) in [5.41, 5.74) is 2.36. The van der Waals surface area contributed by atoms with Gasteiger partial charge in [0.15, 0.2) is 0 Å². The molecule has 1 fully saturated rings. The van der Waals surface area contributed by atoms with Crippen LogP contribution in [0.2, 0.25) is 5.02 Å². The average Bonchev–Trinajstić information content (AvgIpc) is 3.18. The molecule has 0 unspecified atom stereocenters. The molecule has 172 valence electrons. The van der Waals surface area contributed by atoms with Gasteiger partial charge in [-0.2, -0.15) is 9.78 Å². The molecular formula is C24H24ClN3O5. The first kappa shape index (κ1) is 24.2. The number of likely N-dealkylation sites (tertiary alicyclic amines) is 1. The Kier molecular flexibility index (Phi) is 7.97. The van der Waals surface area contributed by atoms with Gasteiger partial charge in [-0.25, -0.2) is 9.59 Å². The Morgan fingerprint density at radius 2 is 1.55 bits per heavy atom. The topological polar surface area (TPSA) is 113 Å². The van der Waals surface area contributed by atoms with E-state index in [0.29, 0.717) is 28.7 Å². The predicted molar refractivity (Wildman–Crippen MR) is 125 cm³/mol. The Bertz CT molecular complexity index is 1180. The number of carbonyl (C=O) groups is 3. The molecule has 9 heteroatoms. The highest BCUT2D eigenvalue weighted by Gasteiger charge is 2.26. The van der Waals surface area contributed by atoms with Crippen LogP contribution in [0, 0.1) is 0 Å². The predicted octanol–water partition coefficient (Wildman–Crippen LogP) is 3.90. The van der Waals surface area contributed by atoms with Crippen molar-refractivity contribution < 1.29 is 24.6 Å². The van der Waals surface area contributed by atoms with E-state index in [1.807, 2.05) is 30.3 Å². The Hall–Kier alpha value is -3.49. The molecular weight excluding hydrogens is 446 g/mol. The molecule has 0 bridgehead atoms.